The predicted molar refractivity (Wildman–Crippen MR) is 161 cm³/mol. The van der Waals surface area contributed by atoms with Gasteiger partial charge in [0.25, 0.3) is 5.56 Å². The molecule has 0 radical (unpaired) electrons. The number of hydrogen-bond acceptors (Lipinski definition) is 9. The summed E-state index contributed by atoms with van der Waals surface area (Å²) in [6.45, 7) is 0.446. The number of benzene rings is 4. The fourth-order valence-corrected chi connectivity index (χ4v) is 4.91. The van der Waals surface area contributed by atoms with Crippen molar-refractivity contribution in [1.82, 2.24) is 9.66 Å². The van der Waals surface area contributed by atoms with Crippen LogP contribution in [0.2, 0.25) is 0 Å². The highest BCUT2D eigenvalue weighted by Gasteiger charge is 2.19. The van der Waals surface area contributed by atoms with Gasteiger partial charge >= 0.3 is 0 Å². The first-order chi connectivity index (χ1) is 21.1. The van der Waals surface area contributed by atoms with E-state index in [9.17, 15) is 4.79 Å². The Morgan fingerprint density at radius 2 is 1.67 bits per heavy atom. The first-order valence-electron chi connectivity index (χ1n) is 13.4. The molecule has 0 atom stereocenters. The summed E-state index contributed by atoms with van der Waals surface area (Å²) in [5.41, 5.74) is 2.39. The van der Waals surface area contributed by atoms with E-state index >= 15 is 0 Å². The summed E-state index contributed by atoms with van der Waals surface area (Å²) < 4.78 is 35.6. The molecular weight excluding hydrogens is 550 g/mol. The Bertz CT molecular complexity index is 2020. The zero-order valence-electron chi connectivity index (χ0n) is 23.3. The Labute approximate surface area is 245 Å². The molecule has 0 spiro atoms. The van der Waals surface area contributed by atoms with E-state index in [1.54, 1.807) is 44.6 Å². The van der Waals surface area contributed by atoms with Crippen LogP contribution in [0.3, 0.4) is 0 Å². The Kier molecular flexibility index (Phi) is 6.63. The van der Waals surface area contributed by atoms with Crippen molar-refractivity contribution in [3.63, 3.8) is 0 Å². The van der Waals surface area contributed by atoms with Crippen molar-refractivity contribution in [2.24, 2.45) is 5.10 Å². The van der Waals surface area contributed by atoms with Gasteiger partial charge in [0.05, 0.1) is 31.3 Å². The lowest BCUT2D eigenvalue weighted by Gasteiger charge is -2.15. The van der Waals surface area contributed by atoms with E-state index in [1.807, 2.05) is 54.6 Å². The summed E-state index contributed by atoms with van der Waals surface area (Å²) in [4.78, 5) is 18.4. The highest BCUT2D eigenvalue weighted by atomic mass is 16.7. The zero-order valence-corrected chi connectivity index (χ0v) is 23.3. The number of rotatable bonds is 8. The summed E-state index contributed by atoms with van der Waals surface area (Å²) in [6.07, 6.45) is 1.54. The van der Waals surface area contributed by atoms with Crippen LogP contribution in [-0.2, 0) is 6.61 Å². The molecule has 0 saturated carbocycles. The SMILES string of the molecule is COc1cc(C=Nn2c(-c3cc4ccccc4o3)nc3ccccc3c2=O)cc(OC)c1OCc1ccc2c(c1)OCO2. The largest absolute Gasteiger partial charge is 0.493 e. The molecule has 0 saturated heterocycles. The maximum Gasteiger partial charge on any atom is 0.282 e. The minimum absolute atomic E-state index is 0.200. The molecule has 1 aliphatic heterocycles. The highest BCUT2D eigenvalue weighted by Crippen LogP contribution is 2.39. The number of hydrogen-bond donors (Lipinski definition) is 0. The van der Waals surface area contributed by atoms with Crippen molar-refractivity contribution in [3.05, 3.63) is 106 Å². The molecule has 0 unspecified atom stereocenters. The minimum Gasteiger partial charge on any atom is -0.493 e. The van der Waals surface area contributed by atoms with E-state index in [-0.39, 0.29) is 24.8 Å². The van der Waals surface area contributed by atoms with Crippen LogP contribution in [0.4, 0.5) is 0 Å². The van der Waals surface area contributed by atoms with E-state index in [0.29, 0.717) is 56.6 Å². The number of methoxy groups -OCH3 is 2. The lowest BCUT2D eigenvalue weighted by atomic mass is 10.2. The van der Waals surface area contributed by atoms with Crippen LogP contribution in [0.5, 0.6) is 28.7 Å². The molecule has 10 nitrogen and oxygen atoms in total. The number of nitrogens with zero attached hydrogens (tertiary/aromatic N) is 3. The summed E-state index contributed by atoms with van der Waals surface area (Å²) in [5, 5.41) is 5.88. The second kappa shape index (κ2) is 10.9. The van der Waals surface area contributed by atoms with Gasteiger partial charge in [0.15, 0.2) is 28.8 Å². The summed E-state index contributed by atoms with van der Waals surface area (Å²) in [7, 11) is 3.08. The molecule has 6 aromatic rings. The third-order valence-electron chi connectivity index (χ3n) is 7.03. The molecule has 0 amide bonds. The normalized spacial score (nSPS) is 12.3. The highest BCUT2D eigenvalue weighted by molar-refractivity contribution is 5.85. The number of aromatic nitrogens is 2. The van der Waals surface area contributed by atoms with Crippen LogP contribution >= 0.6 is 0 Å². The number of para-hydroxylation sites is 2. The minimum atomic E-state index is -0.333. The van der Waals surface area contributed by atoms with Gasteiger partial charge in [-0.3, -0.25) is 4.79 Å². The lowest BCUT2D eigenvalue weighted by molar-refractivity contribution is 0.174. The van der Waals surface area contributed by atoms with E-state index in [2.05, 4.69) is 5.10 Å². The third-order valence-corrected chi connectivity index (χ3v) is 7.03. The monoisotopic (exact) mass is 575 g/mol. The quantitative estimate of drug-likeness (QED) is 0.203. The fraction of sp³-hybridized carbons (Fsp3) is 0.121. The van der Waals surface area contributed by atoms with E-state index in [0.717, 1.165) is 10.9 Å². The van der Waals surface area contributed by atoms with Gasteiger partial charge in [-0.25, -0.2) is 4.98 Å². The van der Waals surface area contributed by atoms with Gasteiger partial charge < -0.3 is 28.1 Å². The van der Waals surface area contributed by atoms with Gasteiger partial charge in [0.2, 0.25) is 18.4 Å². The van der Waals surface area contributed by atoms with Gasteiger partial charge in [-0.2, -0.15) is 9.78 Å². The topological polar surface area (TPSA) is 107 Å². The van der Waals surface area contributed by atoms with Crippen LogP contribution in [0.25, 0.3) is 33.5 Å². The van der Waals surface area contributed by atoms with Crippen molar-refractivity contribution < 1.29 is 28.1 Å². The van der Waals surface area contributed by atoms with E-state index in [1.165, 1.54) is 10.9 Å². The summed E-state index contributed by atoms with van der Waals surface area (Å²) in [5.74, 6) is 3.36. The van der Waals surface area contributed by atoms with Crippen molar-refractivity contribution in [3.8, 4) is 40.3 Å². The average molecular weight is 576 g/mol. The maximum absolute atomic E-state index is 13.6. The van der Waals surface area contributed by atoms with Gasteiger partial charge in [-0.05, 0) is 54.1 Å². The fourth-order valence-electron chi connectivity index (χ4n) is 4.91. The first-order valence-corrected chi connectivity index (χ1v) is 13.4. The maximum atomic E-state index is 13.6. The molecule has 2 aromatic heterocycles. The Morgan fingerprint density at radius 3 is 2.49 bits per heavy atom. The molecule has 214 valence electrons. The zero-order chi connectivity index (χ0) is 29.3. The first kappa shape index (κ1) is 26.1. The van der Waals surface area contributed by atoms with Crippen molar-refractivity contribution in [1.29, 1.82) is 0 Å². The molecule has 1 aliphatic rings. The number of fused-ring (bicyclic) bond motifs is 3. The second-order valence-corrected chi connectivity index (χ2v) is 9.69. The number of ether oxygens (including phenoxy) is 5. The van der Waals surface area contributed by atoms with E-state index < -0.39 is 0 Å². The molecule has 0 fully saturated rings. The Hall–Kier alpha value is -5.77. The van der Waals surface area contributed by atoms with Crippen LogP contribution in [0, 0.1) is 0 Å². The Balaban J connectivity index is 1.25. The molecule has 4 aromatic carbocycles. The summed E-state index contributed by atoms with van der Waals surface area (Å²) in [6, 6.07) is 25.7. The predicted octanol–water partition coefficient (Wildman–Crippen LogP) is 6.02. The van der Waals surface area contributed by atoms with Gasteiger partial charge in [-0.1, -0.05) is 36.4 Å². The summed E-state index contributed by atoms with van der Waals surface area (Å²) >= 11 is 0. The molecule has 0 bridgehead atoms. The lowest BCUT2D eigenvalue weighted by Crippen LogP contribution is -2.20. The second-order valence-electron chi connectivity index (χ2n) is 9.69. The molecule has 0 N–H and O–H groups in total. The molecular formula is C33H25N3O7. The van der Waals surface area contributed by atoms with E-state index in [4.69, 9.17) is 33.1 Å². The molecule has 0 aliphatic carbocycles. The van der Waals surface area contributed by atoms with Crippen LogP contribution in [0.15, 0.2) is 99.2 Å². The number of furan rings is 1. The Morgan fingerprint density at radius 1 is 0.907 bits per heavy atom. The average Bonchev–Trinajstić information content (AvgIpc) is 3.70. The van der Waals surface area contributed by atoms with Gasteiger partial charge in [0, 0.05) is 10.9 Å². The molecule has 3 heterocycles. The molecule has 10 heteroatoms. The van der Waals surface area contributed by atoms with Crippen molar-refractivity contribution >= 4 is 28.1 Å². The standard InChI is InChI=1S/C33H25N3O7/c1-38-28-14-21(15-29(39-2)31(28)40-18-20-11-12-26-27(13-20)42-19-41-26)17-34-36-32(30-16-22-7-3-6-10-25(22)43-30)35-24-9-5-4-8-23(24)33(36)37/h3-17H,18-19H2,1-2H3. The van der Waals surface area contributed by atoms with Crippen LogP contribution in [-0.4, -0.2) is 36.9 Å². The van der Waals surface area contributed by atoms with Crippen molar-refractivity contribution in [2.75, 3.05) is 21.0 Å². The van der Waals surface area contributed by atoms with Gasteiger partial charge in [-0.15, -0.1) is 0 Å². The smallest absolute Gasteiger partial charge is 0.282 e. The molecule has 7 rings (SSSR count). The van der Waals surface area contributed by atoms with Crippen LogP contribution < -0.4 is 29.2 Å². The third kappa shape index (κ3) is 4.88. The van der Waals surface area contributed by atoms with Crippen molar-refractivity contribution in [2.45, 2.75) is 6.61 Å². The van der Waals surface area contributed by atoms with Gasteiger partial charge in [0.1, 0.15) is 12.2 Å². The van der Waals surface area contributed by atoms with Crippen LogP contribution in [0.1, 0.15) is 11.1 Å². The molecule has 43 heavy (non-hydrogen) atoms.